The molecule has 1 amide bonds. The van der Waals surface area contributed by atoms with E-state index in [0.717, 1.165) is 16.9 Å². The zero-order chi connectivity index (χ0) is 12.1. The van der Waals surface area contributed by atoms with Crippen LogP contribution in [-0.2, 0) is 11.2 Å². The van der Waals surface area contributed by atoms with E-state index in [1.807, 2.05) is 38.1 Å². The molecule has 0 fully saturated rings. The molecule has 1 aromatic rings. The normalized spacial score (nSPS) is 9.69. The SMILES string of the molecule is COc1ccc(CC(N)=O)c(C=C(C)C)c1. The maximum Gasteiger partial charge on any atom is 0.221 e. The number of amides is 1. The molecule has 0 aliphatic heterocycles. The van der Waals surface area contributed by atoms with E-state index in [0.29, 0.717) is 0 Å². The number of hydrogen-bond acceptors (Lipinski definition) is 2. The van der Waals surface area contributed by atoms with Gasteiger partial charge in [0.15, 0.2) is 0 Å². The molecule has 0 saturated heterocycles. The molecule has 0 saturated carbocycles. The Morgan fingerprint density at radius 2 is 2.12 bits per heavy atom. The minimum Gasteiger partial charge on any atom is -0.497 e. The molecule has 3 heteroatoms. The second-order valence-electron chi connectivity index (χ2n) is 3.93. The molecule has 2 N–H and O–H groups in total. The van der Waals surface area contributed by atoms with Gasteiger partial charge in [-0.15, -0.1) is 0 Å². The van der Waals surface area contributed by atoms with Crippen molar-refractivity contribution in [1.82, 2.24) is 0 Å². The standard InChI is InChI=1S/C13H17NO2/c1-9(2)6-11-7-12(16-3)5-4-10(11)8-13(14)15/h4-7H,8H2,1-3H3,(H2,14,15). The van der Waals surface area contributed by atoms with Crippen molar-refractivity contribution in [3.63, 3.8) is 0 Å². The lowest BCUT2D eigenvalue weighted by Crippen LogP contribution is -2.14. The first-order chi connectivity index (χ1) is 7.52. The molecule has 0 bridgehead atoms. The number of nitrogens with two attached hydrogens (primary N) is 1. The van der Waals surface area contributed by atoms with Gasteiger partial charge in [-0.2, -0.15) is 0 Å². The molecule has 0 aromatic heterocycles. The maximum absolute atomic E-state index is 10.9. The van der Waals surface area contributed by atoms with Gasteiger partial charge in [-0.1, -0.05) is 17.7 Å². The molecule has 0 aliphatic rings. The summed E-state index contributed by atoms with van der Waals surface area (Å²) in [5.74, 6) is 0.453. The Bertz CT molecular complexity index is 418. The fourth-order valence-electron chi connectivity index (χ4n) is 1.49. The summed E-state index contributed by atoms with van der Waals surface area (Å²) in [5.41, 5.74) is 8.28. The number of hydrogen-bond donors (Lipinski definition) is 1. The Morgan fingerprint density at radius 1 is 1.44 bits per heavy atom. The molecule has 1 aromatic carbocycles. The van der Waals surface area contributed by atoms with E-state index in [9.17, 15) is 4.79 Å². The third-order valence-corrected chi connectivity index (χ3v) is 2.16. The van der Waals surface area contributed by atoms with Crippen molar-refractivity contribution in [2.75, 3.05) is 7.11 Å². The summed E-state index contributed by atoms with van der Waals surface area (Å²) in [6.45, 7) is 4.01. The molecule has 0 spiro atoms. The van der Waals surface area contributed by atoms with E-state index in [1.165, 1.54) is 5.57 Å². The quantitative estimate of drug-likeness (QED) is 0.843. The van der Waals surface area contributed by atoms with Gasteiger partial charge in [-0.3, -0.25) is 4.79 Å². The van der Waals surface area contributed by atoms with Crippen molar-refractivity contribution in [2.24, 2.45) is 5.73 Å². The van der Waals surface area contributed by atoms with Gasteiger partial charge in [0, 0.05) is 0 Å². The van der Waals surface area contributed by atoms with Gasteiger partial charge < -0.3 is 10.5 Å². The summed E-state index contributed by atoms with van der Waals surface area (Å²) in [6.07, 6.45) is 2.27. The highest BCUT2D eigenvalue weighted by atomic mass is 16.5. The van der Waals surface area contributed by atoms with E-state index in [1.54, 1.807) is 7.11 Å². The highest BCUT2D eigenvalue weighted by molar-refractivity contribution is 5.78. The van der Waals surface area contributed by atoms with Crippen molar-refractivity contribution < 1.29 is 9.53 Å². The topological polar surface area (TPSA) is 52.3 Å². The maximum atomic E-state index is 10.9. The summed E-state index contributed by atoms with van der Waals surface area (Å²) in [7, 11) is 1.62. The fourth-order valence-corrected chi connectivity index (χ4v) is 1.49. The molecular weight excluding hydrogens is 202 g/mol. The van der Waals surface area contributed by atoms with Crippen LogP contribution in [0.5, 0.6) is 5.75 Å². The number of carbonyl (C=O) groups excluding carboxylic acids is 1. The number of methoxy groups -OCH3 is 1. The molecule has 16 heavy (non-hydrogen) atoms. The van der Waals surface area contributed by atoms with E-state index in [-0.39, 0.29) is 12.3 Å². The molecule has 3 nitrogen and oxygen atoms in total. The predicted octanol–water partition coefficient (Wildman–Crippen LogP) is 2.15. The summed E-state index contributed by atoms with van der Waals surface area (Å²) >= 11 is 0. The van der Waals surface area contributed by atoms with E-state index < -0.39 is 0 Å². The summed E-state index contributed by atoms with van der Waals surface area (Å²) in [5, 5.41) is 0. The van der Waals surface area contributed by atoms with Crippen LogP contribution >= 0.6 is 0 Å². The zero-order valence-corrected chi connectivity index (χ0v) is 9.91. The molecular formula is C13H17NO2. The summed E-state index contributed by atoms with van der Waals surface area (Å²) < 4.78 is 5.15. The first-order valence-corrected chi connectivity index (χ1v) is 5.13. The van der Waals surface area contributed by atoms with E-state index >= 15 is 0 Å². The van der Waals surface area contributed by atoms with Crippen LogP contribution in [0.25, 0.3) is 6.08 Å². The van der Waals surface area contributed by atoms with Crippen LogP contribution in [0.2, 0.25) is 0 Å². The summed E-state index contributed by atoms with van der Waals surface area (Å²) in [4.78, 5) is 10.9. The Hall–Kier alpha value is -1.77. The van der Waals surface area contributed by atoms with E-state index in [2.05, 4.69) is 0 Å². The minimum absolute atomic E-state index is 0.253. The van der Waals surface area contributed by atoms with Crippen molar-refractivity contribution in [1.29, 1.82) is 0 Å². The first-order valence-electron chi connectivity index (χ1n) is 5.13. The summed E-state index contributed by atoms with van der Waals surface area (Å²) in [6, 6.07) is 5.62. The van der Waals surface area contributed by atoms with Gasteiger partial charge in [0.2, 0.25) is 5.91 Å². The van der Waals surface area contributed by atoms with Crippen molar-refractivity contribution in [3.05, 3.63) is 34.9 Å². The van der Waals surface area contributed by atoms with Gasteiger partial charge in [-0.25, -0.2) is 0 Å². The smallest absolute Gasteiger partial charge is 0.221 e. The van der Waals surface area contributed by atoms with Crippen LogP contribution in [0.15, 0.2) is 23.8 Å². The predicted molar refractivity (Wildman–Crippen MR) is 65.2 cm³/mol. The number of benzene rings is 1. The number of allylic oxidation sites excluding steroid dienone is 1. The molecule has 0 atom stereocenters. The highest BCUT2D eigenvalue weighted by Crippen LogP contribution is 2.20. The Morgan fingerprint density at radius 3 is 2.62 bits per heavy atom. The third-order valence-electron chi connectivity index (χ3n) is 2.16. The van der Waals surface area contributed by atoms with Crippen LogP contribution in [0, 0.1) is 0 Å². The lowest BCUT2D eigenvalue weighted by atomic mass is 10.0. The molecule has 0 aliphatic carbocycles. The van der Waals surface area contributed by atoms with Gasteiger partial charge in [-0.05, 0) is 37.1 Å². The van der Waals surface area contributed by atoms with Crippen LogP contribution < -0.4 is 10.5 Å². The van der Waals surface area contributed by atoms with Gasteiger partial charge in [0.05, 0.1) is 13.5 Å². The van der Waals surface area contributed by atoms with Crippen molar-refractivity contribution in [3.8, 4) is 5.75 Å². The molecule has 0 radical (unpaired) electrons. The second kappa shape index (κ2) is 5.35. The third kappa shape index (κ3) is 3.42. The largest absolute Gasteiger partial charge is 0.497 e. The fraction of sp³-hybridized carbons (Fsp3) is 0.308. The van der Waals surface area contributed by atoms with Gasteiger partial charge in [0.25, 0.3) is 0 Å². The van der Waals surface area contributed by atoms with Crippen molar-refractivity contribution in [2.45, 2.75) is 20.3 Å². The second-order valence-corrected chi connectivity index (χ2v) is 3.93. The average Bonchev–Trinajstić information content (AvgIpc) is 2.19. The van der Waals surface area contributed by atoms with Crippen LogP contribution in [0.3, 0.4) is 0 Å². The van der Waals surface area contributed by atoms with Crippen LogP contribution in [0.4, 0.5) is 0 Å². The molecule has 0 heterocycles. The van der Waals surface area contributed by atoms with E-state index in [4.69, 9.17) is 10.5 Å². The number of carbonyl (C=O) groups is 1. The lowest BCUT2D eigenvalue weighted by molar-refractivity contribution is -0.117. The van der Waals surface area contributed by atoms with Crippen LogP contribution in [-0.4, -0.2) is 13.0 Å². The Kier molecular flexibility index (Phi) is 4.11. The molecule has 86 valence electrons. The number of ether oxygens (including phenoxy) is 1. The first kappa shape index (κ1) is 12.3. The van der Waals surface area contributed by atoms with Crippen LogP contribution in [0.1, 0.15) is 25.0 Å². The monoisotopic (exact) mass is 219 g/mol. The van der Waals surface area contributed by atoms with Crippen molar-refractivity contribution >= 4 is 12.0 Å². The lowest BCUT2D eigenvalue weighted by Gasteiger charge is -2.07. The van der Waals surface area contributed by atoms with Gasteiger partial charge >= 0.3 is 0 Å². The Labute approximate surface area is 95.9 Å². The minimum atomic E-state index is -0.325. The zero-order valence-electron chi connectivity index (χ0n) is 9.91. The average molecular weight is 219 g/mol. The number of primary amides is 1. The molecule has 0 unspecified atom stereocenters. The highest BCUT2D eigenvalue weighted by Gasteiger charge is 2.05. The molecule has 1 rings (SSSR count). The number of rotatable bonds is 4. The Balaban J connectivity index is 3.16. The van der Waals surface area contributed by atoms with Gasteiger partial charge in [0.1, 0.15) is 5.75 Å².